The number of carbonyl (C=O) groups excluding carboxylic acids is 2. The van der Waals surface area contributed by atoms with E-state index in [1.54, 1.807) is 24.3 Å². The van der Waals surface area contributed by atoms with Gasteiger partial charge in [0.1, 0.15) is 12.4 Å². The molecule has 2 aromatic carbocycles. The van der Waals surface area contributed by atoms with Gasteiger partial charge < -0.3 is 15.0 Å². The number of benzene rings is 2. The topological polar surface area (TPSA) is 101 Å². The zero-order valence-electron chi connectivity index (χ0n) is 15.7. The highest BCUT2D eigenvalue weighted by atomic mass is 16.5. The first-order valence-corrected chi connectivity index (χ1v) is 8.89. The van der Waals surface area contributed by atoms with E-state index in [1.165, 1.54) is 6.92 Å². The Balaban J connectivity index is 1.68. The van der Waals surface area contributed by atoms with Crippen molar-refractivity contribution >= 4 is 22.8 Å². The number of carbonyl (C=O) groups is 2. The second-order valence-electron chi connectivity index (χ2n) is 6.56. The van der Waals surface area contributed by atoms with Gasteiger partial charge in [0.05, 0.1) is 23.4 Å². The van der Waals surface area contributed by atoms with Crippen molar-refractivity contribution in [1.29, 1.82) is 0 Å². The lowest BCUT2D eigenvalue weighted by Crippen LogP contribution is -2.28. The summed E-state index contributed by atoms with van der Waals surface area (Å²) in [6.07, 6.45) is -0.0273. The van der Waals surface area contributed by atoms with Crippen molar-refractivity contribution in [3.05, 3.63) is 75.8 Å². The molecule has 0 saturated heterocycles. The number of hydrogen-bond acceptors (Lipinski definition) is 5. The molecule has 1 heterocycles. The summed E-state index contributed by atoms with van der Waals surface area (Å²) in [6, 6.07) is 14.0. The van der Waals surface area contributed by atoms with Gasteiger partial charge >= 0.3 is 5.97 Å². The van der Waals surface area contributed by atoms with Gasteiger partial charge in [-0.3, -0.25) is 14.4 Å². The van der Waals surface area contributed by atoms with Gasteiger partial charge in [-0.1, -0.05) is 42.0 Å². The number of para-hydroxylation sites is 1. The van der Waals surface area contributed by atoms with Crippen molar-refractivity contribution in [2.75, 3.05) is 0 Å². The number of aromatic nitrogens is 2. The van der Waals surface area contributed by atoms with Crippen LogP contribution in [0.2, 0.25) is 0 Å². The highest BCUT2D eigenvalue weighted by Gasteiger charge is 2.18. The smallest absolute Gasteiger partial charge is 0.308 e. The average molecular weight is 379 g/mol. The summed E-state index contributed by atoms with van der Waals surface area (Å²) in [7, 11) is 0. The first-order valence-electron chi connectivity index (χ1n) is 8.89. The van der Waals surface area contributed by atoms with Crippen molar-refractivity contribution in [2.45, 2.75) is 32.9 Å². The van der Waals surface area contributed by atoms with E-state index in [1.807, 2.05) is 31.2 Å². The fraction of sp³-hybridized carbons (Fsp3) is 0.238. The first-order chi connectivity index (χ1) is 13.4. The van der Waals surface area contributed by atoms with Crippen LogP contribution < -0.4 is 10.9 Å². The third kappa shape index (κ3) is 4.82. The predicted molar refractivity (Wildman–Crippen MR) is 105 cm³/mol. The van der Waals surface area contributed by atoms with Crippen LogP contribution in [0.4, 0.5) is 0 Å². The second-order valence-corrected chi connectivity index (χ2v) is 6.56. The average Bonchev–Trinajstić information content (AvgIpc) is 2.66. The van der Waals surface area contributed by atoms with Crippen LogP contribution in [0.1, 0.15) is 36.3 Å². The molecule has 1 atom stereocenters. The Labute approximate surface area is 161 Å². The van der Waals surface area contributed by atoms with Crippen LogP contribution in [0.15, 0.2) is 53.3 Å². The molecule has 0 saturated carbocycles. The fourth-order valence-electron chi connectivity index (χ4n) is 2.87. The highest BCUT2D eigenvalue weighted by molar-refractivity contribution is 5.77. The standard InChI is InChI=1S/C21H21N3O4/c1-13-7-9-15(10-8-13)18(22-14(2)25)11-20(26)28-12-19-23-17-6-4-3-5-16(17)21(27)24-19/h3-10,18H,11-12H2,1-2H3,(H,22,25)(H,23,24,27). The quantitative estimate of drug-likeness (QED) is 0.641. The van der Waals surface area contributed by atoms with Gasteiger partial charge in [-0.05, 0) is 24.6 Å². The van der Waals surface area contributed by atoms with E-state index in [0.29, 0.717) is 10.9 Å². The molecule has 2 N–H and O–H groups in total. The van der Waals surface area contributed by atoms with Gasteiger partial charge in [0, 0.05) is 6.92 Å². The van der Waals surface area contributed by atoms with Crippen LogP contribution in [0.5, 0.6) is 0 Å². The molecule has 1 aromatic heterocycles. The number of nitrogens with one attached hydrogen (secondary N) is 2. The zero-order chi connectivity index (χ0) is 20.1. The number of esters is 1. The van der Waals surface area contributed by atoms with Gasteiger partial charge in [-0.2, -0.15) is 0 Å². The summed E-state index contributed by atoms with van der Waals surface area (Å²) in [5.74, 6) is -0.475. The number of ether oxygens (including phenoxy) is 1. The predicted octanol–water partition coefficient (Wildman–Crippen LogP) is 2.54. The molecule has 7 heteroatoms. The molecule has 7 nitrogen and oxygen atoms in total. The van der Waals surface area contributed by atoms with E-state index in [4.69, 9.17) is 4.74 Å². The van der Waals surface area contributed by atoms with Gasteiger partial charge in [0.25, 0.3) is 5.56 Å². The summed E-state index contributed by atoms with van der Waals surface area (Å²) < 4.78 is 5.27. The van der Waals surface area contributed by atoms with Crippen LogP contribution in [0.25, 0.3) is 10.9 Å². The summed E-state index contributed by atoms with van der Waals surface area (Å²) in [4.78, 5) is 42.8. The molecule has 0 spiro atoms. The largest absolute Gasteiger partial charge is 0.457 e. The van der Waals surface area contributed by atoms with E-state index in [-0.39, 0.29) is 30.3 Å². The Hall–Kier alpha value is -3.48. The van der Waals surface area contributed by atoms with Gasteiger partial charge in [-0.15, -0.1) is 0 Å². The number of aromatic amines is 1. The van der Waals surface area contributed by atoms with Crippen molar-refractivity contribution in [2.24, 2.45) is 0 Å². The lowest BCUT2D eigenvalue weighted by Gasteiger charge is -2.18. The Morgan fingerprint density at radius 1 is 1.14 bits per heavy atom. The van der Waals surface area contributed by atoms with Gasteiger partial charge in [0.15, 0.2) is 0 Å². The minimum Gasteiger partial charge on any atom is -0.457 e. The van der Waals surface area contributed by atoms with Crippen LogP contribution in [-0.4, -0.2) is 21.8 Å². The number of rotatable bonds is 6. The van der Waals surface area contributed by atoms with Crippen molar-refractivity contribution < 1.29 is 14.3 Å². The van der Waals surface area contributed by atoms with Gasteiger partial charge in [0.2, 0.25) is 5.91 Å². The molecule has 0 aliphatic rings. The molecule has 0 bridgehead atoms. The number of fused-ring (bicyclic) bond motifs is 1. The minimum absolute atomic E-state index is 0.0273. The van der Waals surface area contributed by atoms with E-state index < -0.39 is 12.0 Å². The number of hydrogen-bond donors (Lipinski definition) is 2. The Kier molecular flexibility index (Phi) is 5.84. The molecule has 0 radical (unpaired) electrons. The van der Waals surface area contributed by atoms with Crippen molar-refractivity contribution in [3.8, 4) is 0 Å². The first kappa shape index (κ1) is 19.3. The van der Waals surface area contributed by atoms with E-state index in [2.05, 4.69) is 15.3 Å². The monoisotopic (exact) mass is 379 g/mol. The van der Waals surface area contributed by atoms with Crippen molar-refractivity contribution in [3.63, 3.8) is 0 Å². The van der Waals surface area contributed by atoms with Crippen LogP contribution in [-0.2, 0) is 20.9 Å². The van der Waals surface area contributed by atoms with Crippen LogP contribution in [0.3, 0.4) is 0 Å². The van der Waals surface area contributed by atoms with E-state index in [0.717, 1.165) is 11.1 Å². The normalized spacial score (nSPS) is 11.8. The SMILES string of the molecule is CC(=O)NC(CC(=O)OCc1nc2ccccc2c(=O)[nH]1)c1ccc(C)cc1. The summed E-state index contributed by atoms with van der Waals surface area (Å²) in [5, 5.41) is 3.24. The minimum atomic E-state index is -0.505. The molecular weight excluding hydrogens is 358 g/mol. The number of nitrogens with zero attached hydrogens (tertiary/aromatic N) is 1. The van der Waals surface area contributed by atoms with Gasteiger partial charge in [-0.25, -0.2) is 4.98 Å². The zero-order valence-corrected chi connectivity index (χ0v) is 15.7. The Morgan fingerprint density at radius 2 is 1.86 bits per heavy atom. The summed E-state index contributed by atoms with van der Waals surface area (Å²) in [5.41, 5.74) is 2.15. The molecule has 0 aliphatic carbocycles. The Bertz CT molecular complexity index is 1060. The Morgan fingerprint density at radius 3 is 2.57 bits per heavy atom. The van der Waals surface area contributed by atoms with Crippen LogP contribution in [0, 0.1) is 6.92 Å². The lowest BCUT2D eigenvalue weighted by molar-refractivity contribution is -0.146. The number of amides is 1. The molecular formula is C21H21N3O4. The van der Waals surface area contributed by atoms with Crippen LogP contribution >= 0.6 is 0 Å². The molecule has 0 fully saturated rings. The number of H-pyrrole nitrogens is 1. The maximum atomic E-state index is 12.3. The third-order valence-electron chi connectivity index (χ3n) is 4.26. The molecule has 0 aliphatic heterocycles. The molecule has 144 valence electrons. The molecule has 1 unspecified atom stereocenters. The fourth-order valence-corrected chi connectivity index (χ4v) is 2.87. The van der Waals surface area contributed by atoms with E-state index in [9.17, 15) is 14.4 Å². The summed E-state index contributed by atoms with van der Waals surface area (Å²) >= 11 is 0. The second kappa shape index (κ2) is 8.47. The number of aryl methyl sites for hydroxylation is 1. The third-order valence-corrected chi connectivity index (χ3v) is 4.26. The highest BCUT2D eigenvalue weighted by Crippen LogP contribution is 2.18. The lowest BCUT2D eigenvalue weighted by atomic mass is 10.0. The molecule has 3 aromatic rings. The molecule has 1 amide bonds. The molecule has 28 heavy (non-hydrogen) atoms. The summed E-state index contributed by atoms with van der Waals surface area (Å²) in [6.45, 7) is 3.21. The molecule has 3 rings (SSSR count). The van der Waals surface area contributed by atoms with Crippen molar-refractivity contribution in [1.82, 2.24) is 15.3 Å². The maximum absolute atomic E-state index is 12.3. The van der Waals surface area contributed by atoms with E-state index >= 15 is 0 Å². The maximum Gasteiger partial charge on any atom is 0.308 e.